The lowest BCUT2D eigenvalue weighted by molar-refractivity contribution is -0.384. The molecule has 3 aromatic rings. The van der Waals surface area contributed by atoms with Crippen molar-refractivity contribution in [2.45, 2.75) is 12.5 Å². The Balaban J connectivity index is 1.47. The van der Waals surface area contributed by atoms with Crippen molar-refractivity contribution < 1.29 is 14.5 Å². The van der Waals surface area contributed by atoms with Crippen molar-refractivity contribution in [3.63, 3.8) is 0 Å². The molecule has 0 aromatic heterocycles. The molecule has 1 heterocycles. The zero-order valence-corrected chi connectivity index (χ0v) is 18.6. The lowest BCUT2D eigenvalue weighted by Crippen LogP contribution is -2.31. The number of nitro benzene ring substituents is 1. The van der Waals surface area contributed by atoms with Gasteiger partial charge < -0.3 is 9.64 Å². The summed E-state index contributed by atoms with van der Waals surface area (Å²) >= 11 is 12.7. The summed E-state index contributed by atoms with van der Waals surface area (Å²) in [7, 11) is 2.05. The lowest BCUT2D eigenvalue weighted by Gasteiger charge is -2.33. The van der Waals surface area contributed by atoms with Crippen LogP contribution in [-0.2, 0) is 6.54 Å². The SMILES string of the molecule is CN1Cc2c(Cl)cc(Cl)cc2C(c2ccc(NC(=O)Oc3ccc([N+](=O)[O-])cc3)cc2)C1. The van der Waals surface area contributed by atoms with Gasteiger partial charge in [-0.15, -0.1) is 0 Å². The molecule has 0 saturated heterocycles. The number of amides is 1. The van der Waals surface area contributed by atoms with Crippen LogP contribution in [0.25, 0.3) is 0 Å². The number of nitro groups is 1. The molecule has 0 bridgehead atoms. The Labute approximate surface area is 194 Å². The summed E-state index contributed by atoms with van der Waals surface area (Å²) in [4.78, 5) is 24.6. The summed E-state index contributed by atoms with van der Waals surface area (Å²) in [5.74, 6) is 0.307. The average molecular weight is 472 g/mol. The quantitative estimate of drug-likeness (QED) is 0.367. The van der Waals surface area contributed by atoms with E-state index >= 15 is 0 Å². The minimum Gasteiger partial charge on any atom is -0.410 e. The van der Waals surface area contributed by atoms with Crippen molar-refractivity contribution in [2.24, 2.45) is 0 Å². The molecule has 1 N–H and O–H groups in total. The van der Waals surface area contributed by atoms with E-state index < -0.39 is 11.0 Å². The van der Waals surface area contributed by atoms with Crippen LogP contribution in [0, 0.1) is 10.1 Å². The van der Waals surface area contributed by atoms with Crippen molar-refractivity contribution in [1.82, 2.24) is 4.90 Å². The third kappa shape index (κ3) is 4.85. The Morgan fingerprint density at radius 2 is 1.81 bits per heavy atom. The van der Waals surface area contributed by atoms with E-state index in [1.54, 1.807) is 18.2 Å². The highest BCUT2D eigenvalue weighted by atomic mass is 35.5. The number of nitrogens with zero attached hydrogens (tertiary/aromatic N) is 2. The number of hydrogen-bond donors (Lipinski definition) is 1. The molecule has 32 heavy (non-hydrogen) atoms. The number of fused-ring (bicyclic) bond motifs is 1. The zero-order valence-electron chi connectivity index (χ0n) is 17.0. The molecule has 1 aliphatic rings. The van der Waals surface area contributed by atoms with Gasteiger partial charge in [0.1, 0.15) is 5.75 Å². The van der Waals surface area contributed by atoms with E-state index in [1.165, 1.54) is 24.3 Å². The maximum Gasteiger partial charge on any atom is 0.417 e. The number of benzene rings is 3. The molecule has 4 rings (SSSR count). The van der Waals surface area contributed by atoms with E-state index in [0.29, 0.717) is 15.7 Å². The molecule has 0 radical (unpaired) electrons. The second kappa shape index (κ2) is 9.16. The summed E-state index contributed by atoms with van der Waals surface area (Å²) in [5, 5.41) is 14.6. The summed E-state index contributed by atoms with van der Waals surface area (Å²) in [6, 6.07) is 16.5. The molecule has 164 valence electrons. The number of likely N-dealkylation sites (N-methyl/N-ethyl adjacent to an activating group) is 1. The van der Waals surface area contributed by atoms with E-state index in [0.717, 1.165) is 29.8 Å². The van der Waals surface area contributed by atoms with Gasteiger partial charge in [-0.2, -0.15) is 0 Å². The maximum absolute atomic E-state index is 12.2. The Hall–Kier alpha value is -3.13. The number of rotatable bonds is 4. The van der Waals surface area contributed by atoms with Crippen LogP contribution in [0.15, 0.2) is 60.7 Å². The fourth-order valence-electron chi connectivity index (χ4n) is 3.82. The van der Waals surface area contributed by atoms with Gasteiger partial charge in [0.15, 0.2) is 0 Å². The average Bonchev–Trinajstić information content (AvgIpc) is 2.75. The van der Waals surface area contributed by atoms with Crippen LogP contribution < -0.4 is 10.1 Å². The zero-order chi connectivity index (χ0) is 22.8. The van der Waals surface area contributed by atoms with Crippen LogP contribution in [0.5, 0.6) is 5.75 Å². The highest BCUT2D eigenvalue weighted by molar-refractivity contribution is 6.35. The first-order valence-corrected chi connectivity index (χ1v) is 10.6. The standard InChI is InChI=1S/C23H19Cl2N3O4/c1-27-12-20(19-10-15(24)11-22(25)21(19)13-27)14-2-4-16(5-3-14)26-23(29)32-18-8-6-17(7-9-18)28(30)31/h2-11,20H,12-13H2,1H3,(H,26,29). The molecule has 0 aliphatic carbocycles. The smallest absolute Gasteiger partial charge is 0.410 e. The van der Waals surface area contributed by atoms with Crippen LogP contribution in [0.4, 0.5) is 16.2 Å². The monoisotopic (exact) mass is 471 g/mol. The number of ether oxygens (including phenoxy) is 1. The van der Waals surface area contributed by atoms with Crippen molar-refractivity contribution >= 4 is 40.7 Å². The van der Waals surface area contributed by atoms with Gasteiger partial charge in [-0.3, -0.25) is 15.4 Å². The third-order valence-corrected chi connectivity index (χ3v) is 5.87. The number of anilines is 1. The summed E-state index contributed by atoms with van der Waals surface area (Å²) < 4.78 is 5.18. The Morgan fingerprint density at radius 1 is 1.12 bits per heavy atom. The molecule has 7 nitrogen and oxygen atoms in total. The van der Waals surface area contributed by atoms with Crippen LogP contribution in [0.2, 0.25) is 10.0 Å². The molecule has 1 unspecified atom stereocenters. The molecule has 9 heteroatoms. The van der Waals surface area contributed by atoms with Gasteiger partial charge in [-0.05, 0) is 60.1 Å². The van der Waals surface area contributed by atoms with E-state index in [9.17, 15) is 14.9 Å². The minimum absolute atomic E-state index is 0.0779. The van der Waals surface area contributed by atoms with Gasteiger partial charge in [0.2, 0.25) is 0 Å². The molecule has 0 spiro atoms. The van der Waals surface area contributed by atoms with Crippen molar-refractivity contribution in [1.29, 1.82) is 0 Å². The molecule has 1 amide bonds. The van der Waals surface area contributed by atoms with Gasteiger partial charge >= 0.3 is 6.09 Å². The fraction of sp³-hybridized carbons (Fsp3) is 0.174. The number of carbonyl (C=O) groups excluding carboxylic acids is 1. The number of carbonyl (C=O) groups is 1. The van der Waals surface area contributed by atoms with Crippen molar-refractivity contribution in [3.8, 4) is 5.75 Å². The van der Waals surface area contributed by atoms with E-state index in [-0.39, 0.29) is 17.4 Å². The van der Waals surface area contributed by atoms with Crippen LogP contribution >= 0.6 is 23.2 Å². The number of nitrogens with one attached hydrogen (secondary N) is 1. The first-order valence-electron chi connectivity index (χ1n) is 9.80. The number of non-ortho nitro benzene ring substituents is 1. The molecular weight excluding hydrogens is 453 g/mol. The Morgan fingerprint density at radius 3 is 2.47 bits per heavy atom. The highest BCUT2D eigenvalue weighted by Crippen LogP contribution is 2.38. The van der Waals surface area contributed by atoms with Crippen molar-refractivity contribution in [2.75, 3.05) is 18.9 Å². The number of halogens is 2. The van der Waals surface area contributed by atoms with Gasteiger partial charge in [-0.25, -0.2) is 4.79 Å². The summed E-state index contributed by atoms with van der Waals surface area (Å²) in [6.07, 6.45) is -0.687. The molecule has 1 atom stereocenters. The van der Waals surface area contributed by atoms with Gasteiger partial charge in [-0.1, -0.05) is 35.3 Å². The first kappa shape index (κ1) is 22.1. The molecule has 3 aromatic carbocycles. The minimum atomic E-state index is -0.687. The highest BCUT2D eigenvalue weighted by Gasteiger charge is 2.27. The van der Waals surface area contributed by atoms with E-state index in [2.05, 4.69) is 10.2 Å². The largest absolute Gasteiger partial charge is 0.417 e. The van der Waals surface area contributed by atoms with E-state index in [4.69, 9.17) is 27.9 Å². The van der Waals surface area contributed by atoms with E-state index in [1.807, 2.05) is 25.2 Å². The molecule has 0 saturated carbocycles. The normalized spacial score (nSPS) is 15.7. The molecular formula is C23H19Cl2N3O4. The van der Waals surface area contributed by atoms with Crippen molar-refractivity contribution in [3.05, 3.63) is 97.5 Å². The van der Waals surface area contributed by atoms with Crippen LogP contribution in [-0.4, -0.2) is 29.5 Å². The molecule has 1 aliphatic heterocycles. The topological polar surface area (TPSA) is 84.7 Å². The molecule has 0 fully saturated rings. The van der Waals surface area contributed by atoms with Crippen LogP contribution in [0.3, 0.4) is 0 Å². The second-order valence-corrected chi connectivity index (χ2v) is 8.44. The fourth-order valence-corrected chi connectivity index (χ4v) is 4.38. The predicted octanol–water partition coefficient (Wildman–Crippen LogP) is 6.09. The Kier molecular flexibility index (Phi) is 6.32. The van der Waals surface area contributed by atoms with Gasteiger partial charge in [0, 0.05) is 46.9 Å². The first-order chi connectivity index (χ1) is 15.3. The summed E-state index contributed by atoms with van der Waals surface area (Å²) in [6.45, 7) is 1.58. The second-order valence-electron chi connectivity index (χ2n) is 7.59. The van der Waals surface area contributed by atoms with Gasteiger partial charge in [0.25, 0.3) is 5.69 Å². The summed E-state index contributed by atoms with van der Waals surface area (Å²) in [5.41, 5.74) is 3.74. The maximum atomic E-state index is 12.2. The van der Waals surface area contributed by atoms with Gasteiger partial charge in [0.05, 0.1) is 4.92 Å². The van der Waals surface area contributed by atoms with Crippen LogP contribution in [0.1, 0.15) is 22.6 Å². The Bertz CT molecular complexity index is 1170. The number of hydrogen-bond acceptors (Lipinski definition) is 5. The predicted molar refractivity (Wildman–Crippen MR) is 124 cm³/mol. The lowest BCUT2D eigenvalue weighted by atomic mass is 9.85. The third-order valence-electron chi connectivity index (χ3n) is 5.31.